The maximum atomic E-state index is 13.3. The van der Waals surface area contributed by atoms with Crippen LogP contribution >= 0.6 is 0 Å². The quantitative estimate of drug-likeness (QED) is 0.696. The fraction of sp³-hybridized carbons (Fsp3) is 0.630. The number of fused-ring (bicyclic) bond motifs is 8. The highest BCUT2D eigenvalue weighted by Crippen LogP contribution is 2.74. The van der Waals surface area contributed by atoms with Gasteiger partial charge in [0.1, 0.15) is 0 Å². The first-order valence-electron chi connectivity index (χ1n) is 12.0. The zero-order valence-electron chi connectivity index (χ0n) is 18.2. The molecule has 4 saturated carbocycles. The van der Waals surface area contributed by atoms with Crippen LogP contribution in [0.4, 0.5) is 5.69 Å². The van der Waals surface area contributed by atoms with E-state index < -0.39 is 0 Å². The van der Waals surface area contributed by atoms with E-state index in [9.17, 15) is 9.59 Å². The highest BCUT2D eigenvalue weighted by atomic mass is 16.2. The Balaban J connectivity index is 1.29. The molecule has 1 aromatic carbocycles. The van der Waals surface area contributed by atoms with Crippen LogP contribution in [0.2, 0.25) is 0 Å². The normalized spacial score (nSPS) is 46.1. The number of rotatable bonds is 2. The largest absolute Gasteiger partial charge is 0.326 e. The van der Waals surface area contributed by atoms with Crippen molar-refractivity contribution in [3.63, 3.8) is 0 Å². The predicted molar refractivity (Wildman–Crippen MR) is 118 cm³/mol. The van der Waals surface area contributed by atoms with Gasteiger partial charge in [0, 0.05) is 18.0 Å². The van der Waals surface area contributed by atoms with Gasteiger partial charge in [0.2, 0.25) is 5.91 Å². The molecule has 4 fully saturated rings. The van der Waals surface area contributed by atoms with Crippen LogP contribution in [0.1, 0.15) is 58.8 Å². The number of carbonyl (C=O) groups excluding carboxylic acids is 2. The average molecular weight is 404 g/mol. The van der Waals surface area contributed by atoms with Crippen LogP contribution in [0.5, 0.6) is 0 Å². The van der Waals surface area contributed by atoms with Gasteiger partial charge >= 0.3 is 0 Å². The molecule has 0 aliphatic heterocycles. The van der Waals surface area contributed by atoms with Crippen LogP contribution in [-0.4, -0.2) is 11.7 Å². The first-order valence-corrected chi connectivity index (χ1v) is 12.0. The van der Waals surface area contributed by atoms with E-state index >= 15 is 0 Å². The molecule has 3 heteroatoms. The number of para-hydroxylation sites is 1. The summed E-state index contributed by atoms with van der Waals surface area (Å²) in [6.07, 6.45) is 9.69. The summed E-state index contributed by atoms with van der Waals surface area (Å²) in [7, 11) is 0. The summed E-state index contributed by atoms with van der Waals surface area (Å²) in [5, 5.41) is 3.21. The number of benzene rings is 1. The van der Waals surface area contributed by atoms with Crippen LogP contribution in [0.25, 0.3) is 0 Å². The third kappa shape index (κ3) is 2.50. The molecule has 0 heterocycles. The van der Waals surface area contributed by atoms with E-state index in [1.807, 2.05) is 36.4 Å². The molecule has 158 valence electrons. The molecule has 1 N–H and O–H groups in total. The van der Waals surface area contributed by atoms with Crippen molar-refractivity contribution >= 4 is 17.4 Å². The van der Waals surface area contributed by atoms with Gasteiger partial charge < -0.3 is 5.32 Å². The molecule has 0 radical (unpaired) electrons. The molecule has 3 unspecified atom stereocenters. The maximum absolute atomic E-state index is 13.3. The van der Waals surface area contributed by atoms with Crippen molar-refractivity contribution in [2.24, 2.45) is 46.3 Å². The van der Waals surface area contributed by atoms with E-state index in [2.05, 4.69) is 19.2 Å². The van der Waals surface area contributed by atoms with Crippen molar-refractivity contribution in [3.05, 3.63) is 42.0 Å². The summed E-state index contributed by atoms with van der Waals surface area (Å²) >= 11 is 0. The van der Waals surface area contributed by atoms with Crippen LogP contribution in [0, 0.1) is 46.3 Å². The number of hydrogen-bond acceptors (Lipinski definition) is 2. The van der Waals surface area contributed by atoms with Crippen molar-refractivity contribution in [2.75, 3.05) is 5.32 Å². The van der Waals surface area contributed by atoms with Crippen LogP contribution in [0.3, 0.4) is 0 Å². The number of amides is 1. The zero-order chi connectivity index (χ0) is 20.7. The lowest BCUT2D eigenvalue weighted by molar-refractivity contribution is -0.128. The Bertz CT molecular complexity index is 935. The number of hydrogen-bond donors (Lipinski definition) is 1. The Kier molecular flexibility index (Phi) is 3.96. The first kappa shape index (κ1) is 18.8. The van der Waals surface area contributed by atoms with Gasteiger partial charge in [-0.15, -0.1) is 0 Å². The Morgan fingerprint density at radius 3 is 2.63 bits per heavy atom. The van der Waals surface area contributed by atoms with Gasteiger partial charge in [0.25, 0.3) is 0 Å². The fourth-order valence-electron chi connectivity index (χ4n) is 8.58. The Morgan fingerprint density at radius 1 is 1.03 bits per heavy atom. The molecule has 0 aromatic heterocycles. The first-order chi connectivity index (χ1) is 14.4. The second-order valence-corrected chi connectivity index (χ2v) is 11.3. The van der Waals surface area contributed by atoms with Gasteiger partial charge in [0.05, 0.1) is 0 Å². The molecular formula is C27H33NO2. The minimum absolute atomic E-state index is 0.120. The molecule has 1 aromatic rings. The van der Waals surface area contributed by atoms with E-state index in [1.165, 1.54) is 24.8 Å². The molecule has 5 aliphatic carbocycles. The highest BCUT2D eigenvalue weighted by Gasteiger charge is 2.68. The Morgan fingerprint density at radius 2 is 1.83 bits per heavy atom. The molecule has 6 rings (SSSR count). The topological polar surface area (TPSA) is 46.2 Å². The molecule has 5 aliphatic rings. The van der Waals surface area contributed by atoms with Crippen molar-refractivity contribution in [1.29, 1.82) is 0 Å². The van der Waals surface area contributed by atoms with Crippen LogP contribution in [-0.2, 0) is 9.59 Å². The summed E-state index contributed by atoms with van der Waals surface area (Å²) in [6, 6.07) is 9.92. The third-order valence-corrected chi connectivity index (χ3v) is 10.1. The van der Waals surface area contributed by atoms with E-state index in [4.69, 9.17) is 0 Å². The number of anilines is 1. The summed E-state index contributed by atoms with van der Waals surface area (Å²) in [5.41, 5.74) is 2.76. The summed E-state index contributed by atoms with van der Waals surface area (Å²) < 4.78 is 0. The smallest absolute Gasteiger partial charge is 0.228 e. The maximum Gasteiger partial charge on any atom is 0.228 e. The fourth-order valence-corrected chi connectivity index (χ4v) is 8.58. The standard InChI is InChI=1S/C27H33NO2/c1-26-13-11-21-24(19-15-18(19)23-14-17(29)10-12-27(21,23)2)20(26)8-9-22(26)25(30)28-16-6-4-3-5-7-16/h3-7,14,18-22,24H,8-13,15H2,1-2H3,(H,28,30)/t18-,19+,20?,21?,22+,24?,26-,27+/m0/s1. The molecule has 3 nitrogen and oxygen atoms in total. The summed E-state index contributed by atoms with van der Waals surface area (Å²) in [4.78, 5) is 25.5. The van der Waals surface area contributed by atoms with Gasteiger partial charge in [-0.1, -0.05) is 37.6 Å². The molecular weight excluding hydrogens is 370 g/mol. The van der Waals surface area contributed by atoms with Crippen molar-refractivity contribution in [3.8, 4) is 0 Å². The van der Waals surface area contributed by atoms with Gasteiger partial charge in [-0.2, -0.15) is 0 Å². The minimum Gasteiger partial charge on any atom is -0.326 e. The number of nitrogens with one attached hydrogen (secondary N) is 1. The summed E-state index contributed by atoms with van der Waals surface area (Å²) in [6.45, 7) is 4.89. The molecule has 0 bridgehead atoms. The molecule has 8 atom stereocenters. The van der Waals surface area contributed by atoms with Gasteiger partial charge in [-0.25, -0.2) is 0 Å². The van der Waals surface area contributed by atoms with Crippen LogP contribution < -0.4 is 5.32 Å². The number of ketones is 1. The SMILES string of the molecule is C[C@]12CCC(=O)C=C1[C@H]1C[C@H]1C1C2CC[C@@]2(C)C1CC[C@@H]2C(=O)Nc1ccccc1. The van der Waals surface area contributed by atoms with E-state index in [0.717, 1.165) is 43.2 Å². The van der Waals surface area contributed by atoms with E-state index in [-0.39, 0.29) is 22.7 Å². The molecule has 30 heavy (non-hydrogen) atoms. The zero-order valence-corrected chi connectivity index (χ0v) is 18.2. The third-order valence-electron chi connectivity index (χ3n) is 10.1. The molecule has 0 spiro atoms. The second-order valence-electron chi connectivity index (χ2n) is 11.3. The molecule has 1 amide bonds. The van der Waals surface area contributed by atoms with Gasteiger partial charge in [0.15, 0.2) is 5.78 Å². The van der Waals surface area contributed by atoms with E-state index in [0.29, 0.717) is 23.5 Å². The lowest BCUT2D eigenvalue weighted by Gasteiger charge is -2.57. The van der Waals surface area contributed by atoms with Crippen LogP contribution in [0.15, 0.2) is 42.0 Å². The second kappa shape index (κ2) is 6.31. The Hall–Kier alpha value is -1.90. The number of carbonyl (C=O) groups is 2. The molecule has 0 saturated heterocycles. The average Bonchev–Trinajstić information content (AvgIpc) is 3.44. The van der Waals surface area contributed by atoms with Gasteiger partial charge in [-0.05, 0) is 97.2 Å². The van der Waals surface area contributed by atoms with Crippen molar-refractivity contribution in [2.45, 2.75) is 58.8 Å². The van der Waals surface area contributed by atoms with Gasteiger partial charge in [-0.3, -0.25) is 9.59 Å². The minimum atomic E-state index is 0.120. The summed E-state index contributed by atoms with van der Waals surface area (Å²) in [5.74, 6) is 4.23. The highest BCUT2D eigenvalue weighted by molar-refractivity contribution is 5.93. The Labute approximate surface area is 179 Å². The van der Waals surface area contributed by atoms with Crippen molar-refractivity contribution < 1.29 is 9.59 Å². The number of allylic oxidation sites excluding steroid dienone is 1. The lowest BCUT2D eigenvalue weighted by Crippen LogP contribution is -2.52. The van der Waals surface area contributed by atoms with E-state index in [1.54, 1.807) is 0 Å². The van der Waals surface area contributed by atoms with Crippen molar-refractivity contribution in [1.82, 2.24) is 0 Å². The lowest BCUT2D eigenvalue weighted by atomic mass is 9.47. The monoisotopic (exact) mass is 403 g/mol. The predicted octanol–water partition coefficient (Wildman–Crippen LogP) is 5.63.